The third-order valence-corrected chi connectivity index (χ3v) is 3.83. The molecule has 0 radical (unpaired) electrons. The molecule has 1 aromatic rings. The smallest absolute Gasteiger partial charge is 0.238 e. The molecule has 21 heavy (non-hydrogen) atoms. The summed E-state index contributed by atoms with van der Waals surface area (Å²) in [5, 5.41) is 3.93. The van der Waals surface area contributed by atoms with Crippen LogP contribution in [0.5, 0.6) is 0 Å². The standard InChI is InChI=1S/C16H23ClN2O2/c1-12(2)7-9-21-10-8-19-15(20)11-18-16(19)13-3-5-14(17)6-4-13/h3-6,12,16,18H,7-11H2,1-2H3. The van der Waals surface area contributed by atoms with Crippen molar-refractivity contribution in [2.75, 3.05) is 26.3 Å². The predicted molar refractivity (Wildman–Crippen MR) is 84.2 cm³/mol. The Kier molecular flexibility index (Phi) is 6.03. The Hall–Kier alpha value is -1.10. The molecule has 0 saturated carbocycles. The van der Waals surface area contributed by atoms with Crippen molar-refractivity contribution in [3.05, 3.63) is 34.9 Å². The van der Waals surface area contributed by atoms with E-state index in [1.165, 1.54) is 0 Å². The first-order valence-electron chi connectivity index (χ1n) is 7.44. The average molecular weight is 311 g/mol. The predicted octanol–water partition coefficient (Wildman–Crippen LogP) is 2.83. The van der Waals surface area contributed by atoms with Crippen LogP contribution in [0.2, 0.25) is 5.02 Å². The van der Waals surface area contributed by atoms with Gasteiger partial charge in [0, 0.05) is 18.2 Å². The summed E-state index contributed by atoms with van der Waals surface area (Å²) in [5.74, 6) is 0.754. The lowest BCUT2D eigenvalue weighted by Crippen LogP contribution is -2.33. The van der Waals surface area contributed by atoms with Crippen molar-refractivity contribution < 1.29 is 9.53 Å². The van der Waals surface area contributed by atoms with Crippen molar-refractivity contribution in [2.45, 2.75) is 26.4 Å². The molecular formula is C16H23ClN2O2. The van der Waals surface area contributed by atoms with Crippen molar-refractivity contribution in [1.82, 2.24) is 10.2 Å². The maximum atomic E-state index is 12.0. The lowest BCUT2D eigenvalue weighted by Gasteiger charge is -2.24. The van der Waals surface area contributed by atoms with E-state index in [0.717, 1.165) is 18.6 Å². The number of hydrogen-bond acceptors (Lipinski definition) is 3. The highest BCUT2D eigenvalue weighted by Gasteiger charge is 2.30. The van der Waals surface area contributed by atoms with Crippen molar-refractivity contribution >= 4 is 17.5 Å². The molecular weight excluding hydrogens is 288 g/mol. The summed E-state index contributed by atoms with van der Waals surface area (Å²) in [4.78, 5) is 13.8. The molecule has 0 bridgehead atoms. The van der Waals surface area contributed by atoms with E-state index < -0.39 is 0 Å². The highest BCUT2D eigenvalue weighted by Crippen LogP contribution is 2.23. The number of halogens is 1. The first-order chi connectivity index (χ1) is 10.1. The van der Waals surface area contributed by atoms with Crippen LogP contribution < -0.4 is 5.32 Å². The van der Waals surface area contributed by atoms with Gasteiger partial charge in [0.15, 0.2) is 0 Å². The second kappa shape index (κ2) is 7.78. The Balaban J connectivity index is 1.87. The fraction of sp³-hybridized carbons (Fsp3) is 0.562. The lowest BCUT2D eigenvalue weighted by atomic mass is 10.1. The Morgan fingerprint density at radius 1 is 1.33 bits per heavy atom. The molecule has 2 rings (SSSR count). The van der Waals surface area contributed by atoms with Gasteiger partial charge in [0.05, 0.1) is 13.2 Å². The summed E-state index contributed by atoms with van der Waals surface area (Å²) in [5.41, 5.74) is 1.05. The average Bonchev–Trinajstić information content (AvgIpc) is 2.80. The van der Waals surface area contributed by atoms with E-state index in [1.54, 1.807) is 0 Å². The molecule has 5 heteroatoms. The van der Waals surface area contributed by atoms with Gasteiger partial charge in [-0.2, -0.15) is 0 Å². The summed E-state index contributed by atoms with van der Waals surface area (Å²) in [7, 11) is 0. The normalized spacial score (nSPS) is 18.8. The molecule has 4 nitrogen and oxygen atoms in total. The number of hydrogen-bond donors (Lipinski definition) is 1. The molecule has 1 aromatic carbocycles. The number of ether oxygens (including phenoxy) is 1. The van der Waals surface area contributed by atoms with Gasteiger partial charge in [0.25, 0.3) is 0 Å². The molecule has 116 valence electrons. The van der Waals surface area contributed by atoms with Crippen LogP contribution in [0.15, 0.2) is 24.3 Å². The van der Waals surface area contributed by atoms with Crippen LogP contribution in [0, 0.1) is 5.92 Å². The van der Waals surface area contributed by atoms with E-state index in [9.17, 15) is 4.79 Å². The minimum atomic E-state index is -0.0801. The van der Waals surface area contributed by atoms with Gasteiger partial charge in [-0.1, -0.05) is 37.6 Å². The lowest BCUT2D eigenvalue weighted by molar-refractivity contribution is -0.128. The number of nitrogens with zero attached hydrogens (tertiary/aromatic N) is 1. The minimum absolute atomic E-state index is 0.0801. The molecule has 0 spiro atoms. The van der Waals surface area contributed by atoms with Gasteiger partial charge < -0.3 is 9.64 Å². The quantitative estimate of drug-likeness (QED) is 0.787. The molecule has 1 heterocycles. The van der Waals surface area contributed by atoms with Crippen molar-refractivity contribution in [3.63, 3.8) is 0 Å². The molecule has 0 aliphatic carbocycles. The monoisotopic (exact) mass is 310 g/mol. The van der Waals surface area contributed by atoms with Crippen LogP contribution in [0.1, 0.15) is 32.0 Å². The molecule has 1 atom stereocenters. The zero-order valence-corrected chi connectivity index (χ0v) is 13.4. The van der Waals surface area contributed by atoms with Gasteiger partial charge >= 0.3 is 0 Å². The van der Waals surface area contributed by atoms with Crippen molar-refractivity contribution in [2.24, 2.45) is 5.92 Å². The Morgan fingerprint density at radius 3 is 2.71 bits per heavy atom. The molecule has 1 amide bonds. The number of amides is 1. The fourth-order valence-electron chi connectivity index (χ4n) is 2.32. The second-order valence-electron chi connectivity index (χ2n) is 5.72. The van der Waals surface area contributed by atoms with Gasteiger partial charge in [0.2, 0.25) is 5.91 Å². The summed E-state index contributed by atoms with van der Waals surface area (Å²) in [6.07, 6.45) is 0.968. The molecule has 1 saturated heterocycles. The number of benzene rings is 1. The van der Waals surface area contributed by atoms with E-state index in [1.807, 2.05) is 29.2 Å². The topological polar surface area (TPSA) is 41.6 Å². The third-order valence-electron chi connectivity index (χ3n) is 3.58. The molecule has 1 unspecified atom stereocenters. The van der Waals surface area contributed by atoms with E-state index in [0.29, 0.717) is 30.6 Å². The Labute approximate surface area is 131 Å². The zero-order chi connectivity index (χ0) is 15.2. The fourth-order valence-corrected chi connectivity index (χ4v) is 2.45. The zero-order valence-electron chi connectivity index (χ0n) is 12.6. The summed E-state index contributed by atoms with van der Waals surface area (Å²) < 4.78 is 5.62. The molecule has 1 fully saturated rings. The van der Waals surface area contributed by atoms with Crippen LogP contribution in [0.4, 0.5) is 0 Å². The van der Waals surface area contributed by atoms with Gasteiger partial charge in [-0.15, -0.1) is 0 Å². The van der Waals surface area contributed by atoms with Crippen LogP contribution in [-0.2, 0) is 9.53 Å². The number of carbonyl (C=O) groups excluding carboxylic acids is 1. The van der Waals surface area contributed by atoms with Crippen molar-refractivity contribution in [1.29, 1.82) is 0 Å². The minimum Gasteiger partial charge on any atom is -0.380 e. The van der Waals surface area contributed by atoms with E-state index in [4.69, 9.17) is 16.3 Å². The highest BCUT2D eigenvalue weighted by atomic mass is 35.5. The van der Waals surface area contributed by atoms with Crippen molar-refractivity contribution in [3.8, 4) is 0 Å². The second-order valence-corrected chi connectivity index (χ2v) is 6.15. The SMILES string of the molecule is CC(C)CCOCCN1C(=O)CNC1c1ccc(Cl)cc1. The molecule has 1 aliphatic heterocycles. The molecule has 1 N–H and O–H groups in total. The largest absolute Gasteiger partial charge is 0.380 e. The maximum Gasteiger partial charge on any atom is 0.238 e. The molecule has 0 aromatic heterocycles. The van der Waals surface area contributed by atoms with Gasteiger partial charge in [0.1, 0.15) is 6.17 Å². The summed E-state index contributed by atoms with van der Waals surface area (Å²) in [6, 6.07) is 7.59. The first kappa shape index (κ1) is 16.3. The highest BCUT2D eigenvalue weighted by molar-refractivity contribution is 6.30. The third kappa shape index (κ3) is 4.70. The van der Waals surface area contributed by atoms with E-state index >= 15 is 0 Å². The summed E-state index contributed by atoms with van der Waals surface area (Å²) in [6.45, 7) is 6.65. The Bertz CT molecular complexity index is 462. The van der Waals surface area contributed by atoms with Crippen LogP contribution in [0.25, 0.3) is 0 Å². The Morgan fingerprint density at radius 2 is 2.05 bits per heavy atom. The summed E-state index contributed by atoms with van der Waals surface area (Å²) >= 11 is 5.91. The van der Waals surface area contributed by atoms with E-state index in [2.05, 4.69) is 19.2 Å². The number of nitrogens with one attached hydrogen (secondary N) is 1. The first-order valence-corrected chi connectivity index (χ1v) is 7.82. The molecule has 1 aliphatic rings. The number of rotatable bonds is 7. The van der Waals surface area contributed by atoms with Gasteiger partial charge in [-0.05, 0) is 30.0 Å². The van der Waals surface area contributed by atoms with E-state index in [-0.39, 0.29) is 12.1 Å². The van der Waals surface area contributed by atoms with Gasteiger partial charge in [-0.3, -0.25) is 10.1 Å². The van der Waals surface area contributed by atoms with Crippen LogP contribution >= 0.6 is 11.6 Å². The number of carbonyl (C=O) groups is 1. The van der Waals surface area contributed by atoms with Crippen LogP contribution in [-0.4, -0.2) is 37.1 Å². The maximum absolute atomic E-state index is 12.0. The van der Waals surface area contributed by atoms with Crippen LogP contribution in [0.3, 0.4) is 0 Å². The van der Waals surface area contributed by atoms with Gasteiger partial charge in [-0.25, -0.2) is 0 Å².